The SMILES string of the molecule is CC1CCC(N(C)C(=O)C2CCCN(c3ccccn3)C2)CC1. The van der Waals surface area contributed by atoms with Crippen LogP contribution >= 0.6 is 0 Å². The summed E-state index contributed by atoms with van der Waals surface area (Å²) in [6.45, 7) is 4.14. The first-order valence-electron chi connectivity index (χ1n) is 9.08. The Labute approximate surface area is 139 Å². The summed E-state index contributed by atoms with van der Waals surface area (Å²) in [5.41, 5.74) is 0. The molecule has 2 aliphatic rings. The number of hydrogen-bond donors (Lipinski definition) is 0. The highest BCUT2D eigenvalue weighted by atomic mass is 16.2. The van der Waals surface area contributed by atoms with E-state index < -0.39 is 0 Å². The minimum absolute atomic E-state index is 0.120. The molecule has 2 fully saturated rings. The third-order valence-corrected chi connectivity index (χ3v) is 5.62. The van der Waals surface area contributed by atoms with Crippen molar-refractivity contribution < 1.29 is 4.79 Å². The first kappa shape index (κ1) is 16.3. The summed E-state index contributed by atoms with van der Waals surface area (Å²) >= 11 is 0. The van der Waals surface area contributed by atoms with Crippen LogP contribution in [-0.4, -0.2) is 42.0 Å². The molecule has 0 N–H and O–H groups in total. The molecule has 0 spiro atoms. The van der Waals surface area contributed by atoms with Gasteiger partial charge in [0, 0.05) is 32.4 Å². The maximum atomic E-state index is 12.9. The van der Waals surface area contributed by atoms with E-state index in [1.54, 1.807) is 0 Å². The molecular weight excluding hydrogens is 286 g/mol. The number of amides is 1. The van der Waals surface area contributed by atoms with E-state index in [-0.39, 0.29) is 5.92 Å². The van der Waals surface area contributed by atoms with Crippen LogP contribution in [-0.2, 0) is 4.79 Å². The summed E-state index contributed by atoms with van der Waals surface area (Å²) in [5, 5.41) is 0. The predicted octanol–water partition coefficient (Wildman–Crippen LogP) is 3.34. The Morgan fingerprint density at radius 1 is 1.22 bits per heavy atom. The number of piperidine rings is 1. The summed E-state index contributed by atoms with van der Waals surface area (Å²) in [7, 11) is 2.02. The fourth-order valence-electron chi connectivity index (χ4n) is 4.03. The van der Waals surface area contributed by atoms with Crippen LogP contribution in [0.1, 0.15) is 45.4 Å². The zero-order valence-electron chi connectivity index (χ0n) is 14.4. The Morgan fingerprint density at radius 2 is 2.00 bits per heavy atom. The Morgan fingerprint density at radius 3 is 2.70 bits per heavy atom. The summed E-state index contributed by atoms with van der Waals surface area (Å²) in [6.07, 6.45) is 8.76. The molecule has 4 nitrogen and oxygen atoms in total. The Balaban J connectivity index is 1.60. The monoisotopic (exact) mass is 315 g/mol. The Bertz CT molecular complexity index is 511. The second kappa shape index (κ2) is 7.33. The molecule has 1 unspecified atom stereocenters. The van der Waals surface area contributed by atoms with Crippen molar-refractivity contribution in [2.45, 2.75) is 51.5 Å². The van der Waals surface area contributed by atoms with Gasteiger partial charge in [-0.3, -0.25) is 4.79 Å². The number of carbonyl (C=O) groups excluding carboxylic acids is 1. The smallest absolute Gasteiger partial charge is 0.227 e. The number of aromatic nitrogens is 1. The highest BCUT2D eigenvalue weighted by molar-refractivity contribution is 5.79. The fraction of sp³-hybridized carbons (Fsp3) is 0.684. The lowest BCUT2D eigenvalue weighted by Crippen LogP contribution is -2.47. The van der Waals surface area contributed by atoms with Crippen molar-refractivity contribution in [2.75, 3.05) is 25.0 Å². The standard InChI is InChI=1S/C19H29N3O/c1-15-8-10-17(11-9-15)21(2)19(23)16-6-5-13-22(14-16)18-7-3-4-12-20-18/h3-4,7,12,15-17H,5-6,8-11,13-14H2,1-2H3. The molecule has 1 atom stereocenters. The van der Waals surface area contributed by atoms with E-state index in [9.17, 15) is 4.79 Å². The topological polar surface area (TPSA) is 36.4 Å². The number of carbonyl (C=O) groups is 1. The summed E-state index contributed by atoms with van der Waals surface area (Å²) < 4.78 is 0. The lowest BCUT2D eigenvalue weighted by Gasteiger charge is -2.38. The minimum atomic E-state index is 0.120. The maximum Gasteiger partial charge on any atom is 0.227 e. The average molecular weight is 315 g/mol. The number of anilines is 1. The van der Waals surface area contributed by atoms with Gasteiger partial charge in [0.2, 0.25) is 5.91 Å². The van der Waals surface area contributed by atoms with Gasteiger partial charge >= 0.3 is 0 Å². The predicted molar refractivity (Wildman–Crippen MR) is 93.4 cm³/mol. The quantitative estimate of drug-likeness (QED) is 0.858. The van der Waals surface area contributed by atoms with E-state index in [2.05, 4.69) is 21.7 Å². The van der Waals surface area contributed by atoms with Gasteiger partial charge in [0.25, 0.3) is 0 Å². The molecule has 23 heavy (non-hydrogen) atoms. The van der Waals surface area contributed by atoms with Gasteiger partial charge in [0.15, 0.2) is 0 Å². The van der Waals surface area contributed by atoms with Gasteiger partial charge in [-0.15, -0.1) is 0 Å². The normalized spacial score (nSPS) is 28.4. The lowest BCUT2D eigenvalue weighted by atomic mass is 9.86. The molecule has 0 radical (unpaired) electrons. The average Bonchev–Trinajstić information content (AvgIpc) is 2.62. The van der Waals surface area contributed by atoms with E-state index in [0.717, 1.165) is 37.7 Å². The molecule has 1 saturated carbocycles. The number of rotatable bonds is 3. The summed E-state index contributed by atoms with van der Waals surface area (Å²) in [4.78, 5) is 21.7. The second-order valence-corrected chi connectivity index (χ2v) is 7.34. The highest BCUT2D eigenvalue weighted by Crippen LogP contribution is 2.29. The van der Waals surface area contributed by atoms with Gasteiger partial charge in [0.1, 0.15) is 5.82 Å². The van der Waals surface area contributed by atoms with Crippen LogP contribution in [0.3, 0.4) is 0 Å². The van der Waals surface area contributed by atoms with Crippen molar-refractivity contribution in [1.29, 1.82) is 0 Å². The molecule has 1 saturated heterocycles. The van der Waals surface area contributed by atoms with E-state index in [1.807, 2.05) is 31.4 Å². The van der Waals surface area contributed by atoms with Crippen molar-refractivity contribution in [3.05, 3.63) is 24.4 Å². The molecule has 0 bridgehead atoms. The first-order chi connectivity index (χ1) is 11.1. The Kier molecular flexibility index (Phi) is 5.19. The summed E-state index contributed by atoms with van der Waals surface area (Å²) in [5.74, 6) is 2.28. The van der Waals surface area contributed by atoms with Crippen LogP contribution in [0.4, 0.5) is 5.82 Å². The highest BCUT2D eigenvalue weighted by Gasteiger charge is 2.32. The van der Waals surface area contributed by atoms with Gasteiger partial charge in [-0.1, -0.05) is 13.0 Å². The maximum absolute atomic E-state index is 12.9. The number of pyridine rings is 1. The van der Waals surface area contributed by atoms with Gasteiger partial charge in [-0.25, -0.2) is 4.98 Å². The number of nitrogens with zero attached hydrogens (tertiary/aromatic N) is 3. The molecule has 1 aliphatic heterocycles. The van der Waals surface area contributed by atoms with Crippen molar-refractivity contribution in [3.8, 4) is 0 Å². The molecule has 2 heterocycles. The zero-order chi connectivity index (χ0) is 16.2. The zero-order valence-corrected chi connectivity index (χ0v) is 14.4. The summed E-state index contributed by atoms with van der Waals surface area (Å²) in [6, 6.07) is 6.44. The number of hydrogen-bond acceptors (Lipinski definition) is 3. The Hall–Kier alpha value is -1.58. The molecule has 1 amide bonds. The molecule has 3 rings (SSSR count). The minimum Gasteiger partial charge on any atom is -0.356 e. The van der Waals surface area contributed by atoms with E-state index in [4.69, 9.17) is 0 Å². The molecule has 126 valence electrons. The molecule has 1 aromatic heterocycles. The van der Waals surface area contributed by atoms with E-state index in [1.165, 1.54) is 25.7 Å². The third kappa shape index (κ3) is 3.85. The van der Waals surface area contributed by atoms with Gasteiger partial charge in [-0.05, 0) is 56.6 Å². The van der Waals surface area contributed by atoms with Crippen LogP contribution in [0.25, 0.3) is 0 Å². The first-order valence-corrected chi connectivity index (χ1v) is 9.08. The molecule has 4 heteroatoms. The van der Waals surface area contributed by atoms with Crippen LogP contribution < -0.4 is 4.90 Å². The largest absolute Gasteiger partial charge is 0.356 e. The van der Waals surface area contributed by atoms with Gasteiger partial charge < -0.3 is 9.80 Å². The molecule has 0 aromatic carbocycles. The third-order valence-electron chi connectivity index (χ3n) is 5.62. The second-order valence-electron chi connectivity index (χ2n) is 7.34. The fourth-order valence-corrected chi connectivity index (χ4v) is 4.03. The van der Waals surface area contributed by atoms with Crippen LogP contribution in [0.5, 0.6) is 0 Å². The molecule has 1 aromatic rings. The van der Waals surface area contributed by atoms with Crippen LogP contribution in [0.2, 0.25) is 0 Å². The van der Waals surface area contributed by atoms with E-state index >= 15 is 0 Å². The van der Waals surface area contributed by atoms with Crippen LogP contribution in [0, 0.1) is 11.8 Å². The van der Waals surface area contributed by atoms with Gasteiger partial charge in [-0.2, -0.15) is 0 Å². The molecular formula is C19H29N3O. The van der Waals surface area contributed by atoms with Crippen molar-refractivity contribution in [3.63, 3.8) is 0 Å². The molecule has 1 aliphatic carbocycles. The lowest BCUT2D eigenvalue weighted by molar-refractivity contribution is -0.137. The van der Waals surface area contributed by atoms with Gasteiger partial charge in [0.05, 0.1) is 5.92 Å². The van der Waals surface area contributed by atoms with Crippen LogP contribution in [0.15, 0.2) is 24.4 Å². The van der Waals surface area contributed by atoms with Crippen molar-refractivity contribution in [2.24, 2.45) is 11.8 Å². The van der Waals surface area contributed by atoms with Crippen molar-refractivity contribution >= 4 is 11.7 Å². The van der Waals surface area contributed by atoms with Crippen molar-refractivity contribution in [1.82, 2.24) is 9.88 Å². The van der Waals surface area contributed by atoms with E-state index in [0.29, 0.717) is 11.9 Å².